The molecule has 0 unspecified atom stereocenters. The third-order valence-electron chi connectivity index (χ3n) is 2.91. The number of carboxylic acid groups (broad SMARTS) is 1. The number of fused-ring (bicyclic) bond motifs is 1. The van der Waals surface area contributed by atoms with Crippen LogP contribution in [-0.4, -0.2) is 11.1 Å². The maximum absolute atomic E-state index is 11.0. The minimum absolute atomic E-state index is 0.364. The van der Waals surface area contributed by atoms with Gasteiger partial charge in [0, 0.05) is 9.72 Å². The van der Waals surface area contributed by atoms with Crippen LogP contribution in [-0.2, 0) is 0 Å². The van der Waals surface area contributed by atoms with Crippen molar-refractivity contribution < 1.29 is 9.90 Å². The van der Waals surface area contributed by atoms with E-state index in [2.05, 4.69) is 0 Å². The van der Waals surface area contributed by atoms with Crippen molar-refractivity contribution in [1.82, 2.24) is 0 Å². The monoisotopic (exact) mass is 288 g/mol. The molecule has 0 saturated carbocycles. The number of hydrogen-bond donors (Lipinski definition) is 1. The Morgan fingerprint density at radius 2 is 1.68 bits per heavy atom. The van der Waals surface area contributed by atoms with Crippen molar-refractivity contribution in [3.8, 4) is 11.1 Å². The first-order valence-corrected chi connectivity index (χ1v) is 6.86. The molecule has 0 aliphatic carbocycles. The zero-order chi connectivity index (χ0) is 13.4. The van der Waals surface area contributed by atoms with Gasteiger partial charge in [0.05, 0.1) is 0 Å². The summed E-state index contributed by atoms with van der Waals surface area (Å²) >= 11 is 7.16. The highest BCUT2D eigenvalue weighted by molar-refractivity contribution is 7.20. The van der Waals surface area contributed by atoms with E-state index in [9.17, 15) is 4.79 Å². The summed E-state index contributed by atoms with van der Waals surface area (Å²) in [6, 6.07) is 15.2. The van der Waals surface area contributed by atoms with E-state index in [1.165, 1.54) is 11.3 Å². The van der Waals surface area contributed by atoms with Crippen molar-refractivity contribution >= 4 is 39.0 Å². The van der Waals surface area contributed by atoms with E-state index < -0.39 is 5.97 Å². The van der Waals surface area contributed by atoms with Crippen LogP contribution >= 0.6 is 22.9 Å². The molecule has 94 valence electrons. The molecular formula is C15H9ClO2S. The van der Waals surface area contributed by atoms with Gasteiger partial charge < -0.3 is 5.11 Å². The van der Waals surface area contributed by atoms with Crippen LogP contribution in [0.2, 0.25) is 5.02 Å². The molecule has 1 N–H and O–H groups in total. The molecule has 0 saturated heterocycles. The number of carbonyl (C=O) groups is 1. The highest BCUT2D eigenvalue weighted by Crippen LogP contribution is 2.30. The first-order chi connectivity index (χ1) is 9.13. The second-order valence-electron chi connectivity index (χ2n) is 4.18. The molecule has 1 heterocycles. The highest BCUT2D eigenvalue weighted by atomic mass is 35.5. The van der Waals surface area contributed by atoms with Gasteiger partial charge in [-0.05, 0) is 40.8 Å². The van der Waals surface area contributed by atoms with Crippen LogP contribution in [0.3, 0.4) is 0 Å². The van der Waals surface area contributed by atoms with Crippen molar-refractivity contribution in [2.75, 3.05) is 0 Å². The van der Waals surface area contributed by atoms with Gasteiger partial charge in [0.25, 0.3) is 0 Å². The quantitative estimate of drug-likeness (QED) is 0.727. The molecule has 4 heteroatoms. The van der Waals surface area contributed by atoms with Crippen molar-refractivity contribution in [2.24, 2.45) is 0 Å². The molecule has 0 fully saturated rings. The summed E-state index contributed by atoms with van der Waals surface area (Å²) in [5.74, 6) is -0.880. The molecule has 2 aromatic carbocycles. The van der Waals surface area contributed by atoms with E-state index >= 15 is 0 Å². The molecule has 0 spiro atoms. The van der Waals surface area contributed by atoms with Gasteiger partial charge in [0.1, 0.15) is 4.88 Å². The van der Waals surface area contributed by atoms with Gasteiger partial charge in [0.15, 0.2) is 0 Å². The van der Waals surface area contributed by atoms with E-state index in [0.717, 1.165) is 21.2 Å². The fraction of sp³-hybridized carbons (Fsp3) is 0. The summed E-state index contributed by atoms with van der Waals surface area (Å²) in [4.78, 5) is 11.3. The Morgan fingerprint density at radius 3 is 2.37 bits per heavy atom. The van der Waals surface area contributed by atoms with Crippen molar-refractivity contribution in [1.29, 1.82) is 0 Å². The van der Waals surface area contributed by atoms with Crippen molar-refractivity contribution in [2.45, 2.75) is 0 Å². The maximum atomic E-state index is 11.0. The van der Waals surface area contributed by atoms with E-state index in [-0.39, 0.29) is 0 Å². The molecule has 0 atom stereocenters. The van der Waals surface area contributed by atoms with Crippen LogP contribution in [0, 0.1) is 0 Å². The molecule has 0 bridgehead atoms. The Hall–Kier alpha value is -1.84. The van der Waals surface area contributed by atoms with Crippen LogP contribution in [0.1, 0.15) is 9.67 Å². The molecule has 0 aliphatic rings. The molecule has 2 nitrogen and oxygen atoms in total. The lowest BCUT2D eigenvalue weighted by Crippen LogP contribution is -1.89. The van der Waals surface area contributed by atoms with Gasteiger partial charge in [-0.3, -0.25) is 0 Å². The molecular weight excluding hydrogens is 280 g/mol. The number of benzene rings is 2. The second kappa shape index (κ2) is 4.68. The SMILES string of the molecule is O=C(O)c1cc2ccc(-c3ccc(Cl)cc3)cc2s1. The van der Waals surface area contributed by atoms with Gasteiger partial charge in [-0.1, -0.05) is 35.9 Å². The third-order valence-corrected chi connectivity index (χ3v) is 4.25. The van der Waals surface area contributed by atoms with Crippen molar-refractivity contribution in [3.63, 3.8) is 0 Å². The van der Waals surface area contributed by atoms with Crippen LogP contribution in [0.25, 0.3) is 21.2 Å². The standard InChI is InChI=1S/C15H9ClO2S/c16-12-5-3-9(4-6-12)10-1-2-11-8-14(15(17)18)19-13(11)7-10/h1-8H,(H,17,18). The third kappa shape index (κ3) is 2.35. The highest BCUT2D eigenvalue weighted by Gasteiger charge is 2.09. The van der Waals surface area contributed by atoms with Crippen LogP contribution in [0.4, 0.5) is 0 Å². The summed E-state index contributed by atoms with van der Waals surface area (Å²) in [5.41, 5.74) is 2.12. The van der Waals surface area contributed by atoms with E-state index in [1.54, 1.807) is 6.07 Å². The lowest BCUT2D eigenvalue weighted by atomic mass is 10.1. The predicted octanol–water partition coefficient (Wildman–Crippen LogP) is 4.92. The second-order valence-corrected chi connectivity index (χ2v) is 5.70. The minimum Gasteiger partial charge on any atom is -0.477 e. The zero-order valence-corrected chi connectivity index (χ0v) is 11.3. The van der Waals surface area contributed by atoms with E-state index in [0.29, 0.717) is 9.90 Å². The Morgan fingerprint density at radius 1 is 1.00 bits per heavy atom. The van der Waals surface area contributed by atoms with Gasteiger partial charge in [-0.15, -0.1) is 11.3 Å². The first kappa shape index (κ1) is 12.2. The Labute approximate surface area is 118 Å². The smallest absolute Gasteiger partial charge is 0.345 e. The Balaban J connectivity index is 2.10. The van der Waals surface area contributed by atoms with Gasteiger partial charge in [-0.25, -0.2) is 4.79 Å². The summed E-state index contributed by atoms with van der Waals surface area (Å²) in [6.45, 7) is 0. The largest absolute Gasteiger partial charge is 0.477 e. The Bertz CT molecular complexity index is 759. The molecule has 0 aliphatic heterocycles. The fourth-order valence-corrected chi connectivity index (χ4v) is 3.03. The van der Waals surface area contributed by atoms with Crippen LogP contribution in [0.15, 0.2) is 48.5 Å². The molecule has 3 aromatic rings. The van der Waals surface area contributed by atoms with Crippen molar-refractivity contribution in [3.05, 3.63) is 58.4 Å². The lowest BCUT2D eigenvalue weighted by Gasteiger charge is -2.01. The topological polar surface area (TPSA) is 37.3 Å². The molecule has 19 heavy (non-hydrogen) atoms. The predicted molar refractivity (Wildman–Crippen MR) is 79.2 cm³/mol. The van der Waals surface area contributed by atoms with Crippen LogP contribution < -0.4 is 0 Å². The number of carboxylic acids is 1. The zero-order valence-electron chi connectivity index (χ0n) is 9.76. The minimum atomic E-state index is -0.880. The lowest BCUT2D eigenvalue weighted by molar-refractivity contribution is 0.0702. The molecule has 1 aromatic heterocycles. The van der Waals surface area contributed by atoms with E-state index in [1.807, 2.05) is 42.5 Å². The van der Waals surface area contributed by atoms with Crippen LogP contribution in [0.5, 0.6) is 0 Å². The molecule has 0 radical (unpaired) electrons. The average molecular weight is 289 g/mol. The number of aromatic carboxylic acids is 1. The van der Waals surface area contributed by atoms with Gasteiger partial charge in [0.2, 0.25) is 0 Å². The summed E-state index contributed by atoms with van der Waals surface area (Å²) in [7, 11) is 0. The maximum Gasteiger partial charge on any atom is 0.345 e. The number of rotatable bonds is 2. The van der Waals surface area contributed by atoms with Gasteiger partial charge >= 0.3 is 5.97 Å². The Kier molecular flexibility index (Phi) is 3.01. The summed E-state index contributed by atoms with van der Waals surface area (Å²) in [5, 5.41) is 10.7. The fourth-order valence-electron chi connectivity index (χ4n) is 1.96. The normalized spacial score (nSPS) is 10.8. The van der Waals surface area contributed by atoms with E-state index in [4.69, 9.17) is 16.7 Å². The van der Waals surface area contributed by atoms with Gasteiger partial charge in [-0.2, -0.15) is 0 Å². The number of hydrogen-bond acceptors (Lipinski definition) is 2. The summed E-state index contributed by atoms with van der Waals surface area (Å²) < 4.78 is 0.977. The number of halogens is 1. The average Bonchev–Trinajstić information content (AvgIpc) is 2.82. The molecule has 0 amide bonds. The summed E-state index contributed by atoms with van der Waals surface area (Å²) in [6.07, 6.45) is 0. The molecule has 3 rings (SSSR count). The number of thiophene rings is 1. The first-order valence-electron chi connectivity index (χ1n) is 5.66.